The molecule has 1 aliphatic heterocycles. The third-order valence-electron chi connectivity index (χ3n) is 3.28. The van der Waals surface area contributed by atoms with Crippen LogP contribution >= 0.6 is 15.9 Å². The summed E-state index contributed by atoms with van der Waals surface area (Å²) in [6.07, 6.45) is 1.84. The number of anilines is 1. The largest absolute Gasteiger partial charge is 0.370 e. The smallest absolute Gasteiger partial charge is 0.162 e. The molecule has 0 saturated carbocycles. The Bertz CT molecular complexity index is 644. The number of nitrogens with zero attached hydrogens (tertiary/aromatic N) is 4. The van der Waals surface area contributed by atoms with Gasteiger partial charge in [0.15, 0.2) is 5.82 Å². The molecule has 94 valence electrons. The lowest BCUT2D eigenvalue weighted by Gasteiger charge is -2.34. The molecule has 3 rings (SSSR count). The van der Waals surface area contributed by atoms with Gasteiger partial charge in [-0.05, 0) is 43.6 Å². The van der Waals surface area contributed by atoms with Gasteiger partial charge in [-0.15, -0.1) is 10.2 Å². The van der Waals surface area contributed by atoms with Crippen molar-refractivity contribution in [2.24, 2.45) is 0 Å². The molecule has 0 saturated heterocycles. The minimum Gasteiger partial charge on any atom is -0.370 e. The average Bonchev–Trinajstić information content (AvgIpc) is 2.67. The van der Waals surface area contributed by atoms with Crippen LogP contribution in [0.3, 0.4) is 0 Å². The van der Waals surface area contributed by atoms with Crippen LogP contribution in [0, 0.1) is 13.8 Å². The maximum atomic E-state index is 4.34. The number of halogens is 1. The Morgan fingerprint density at radius 1 is 1.28 bits per heavy atom. The average molecular weight is 308 g/mol. The molecular formula is C12H14BrN5. The number of aryl methyl sites for hydroxylation is 1. The second-order valence-corrected chi connectivity index (χ2v) is 5.84. The van der Waals surface area contributed by atoms with Gasteiger partial charge in [0.1, 0.15) is 10.4 Å². The summed E-state index contributed by atoms with van der Waals surface area (Å²) in [6.45, 7) is 8.19. The van der Waals surface area contributed by atoms with Gasteiger partial charge >= 0.3 is 0 Å². The van der Waals surface area contributed by atoms with Crippen LogP contribution in [0.25, 0.3) is 5.69 Å². The van der Waals surface area contributed by atoms with Crippen LogP contribution < -0.4 is 5.32 Å². The number of hydrogen-bond acceptors (Lipinski definition) is 4. The maximum absolute atomic E-state index is 4.34. The predicted molar refractivity (Wildman–Crippen MR) is 73.0 cm³/mol. The zero-order valence-corrected chi connectivity index (χ0v) is 12.3. The monoisotopic (exact) mass is 307 g/mol. The fourth-order valence-electron chi connectivity index (χ4n) is 2.39. The Balaban J connectivity index is 2.40. The lowest BCUT2D eigenvalue weighted by molar-refractivity contribution is 0.534. The van der Waals surface area contributed by atoms with Crippen molar-refractivity contribution in [3.63, 3.8) is 0 Å². The molecule has 5 nitrogen and oxygen atoms in total. The Labute approximate surface area is 114 Å². The van der Waals surface area contributed by atoms with E-state index in [0.717, 1.165) is 33.2 Å². The quantitative estimate of drug-likeness (QED) is 0.760. The van der Waals surface area contributed by atoms with Crippen molar-refractivity contribution in [3.8, 4) is 5.69 Å². The van der Waals surface area contributed by atoms with Crippen molar-refractivity contribution in [1.29, 1.82) is 0 Å². The van der Waals surface area contributed by atoms with E-state index < -0.39 is 0 Å². The lowest BCUT2D eigenvalue weighted by Crippen LogP contribution is -2.36. The summed E-state index contributed by atoms with van der Waals surface area (Å²) in [4.78, 5) is 4.34. The van der Waals surface area contributed by atoms with Crippen LogP contribution in [0.4, 0.5) is 5.69 Å². The van der Waals surface area contributed by atoms with Gasteiger partial charge in [0.25, 0.3) is 0 Å². The van der Waals surface area contributed by atoms with E-state index in [1.807, 2.05) is 20.0 Å². The summed E-state index contributed by atoms with van der Waals surface area (Å²) in [5, 5.41) is 12.0. The van der Waals surface area contributed by atoms with Gasteiger partial charge in [-0.3, -0.25) is 4.57 Å². The summed E-state index contributed by atoms with van der Waals surface area (Å²) in [5.41, 5.74) is 2.92. The molecule has 0 atom stereocenters. The van der Waals surface area contributed by atoms with E-state index in [1.54, 1.807) is 0 Å². The van der Waals surface area contributed by atoms with Crippen molar-refractivity contribution in [3.05, 3.63) is 28.0 Å². The third kappa shape index (κ3) is 1.41. The lowest BCUT2D eigenvalue weighted by atomic mass is 10.00. The number of fused-ring (bicyclic) bond motifs is 3. The van der Waals surface area contributed by atoms with Crippen LogP contribution in [0.5, 0.6) is 0 Å². The van der Waals surface area contributed by atoms with Crippen LogP contribution in [-0.4, -0.2) is 19.7 Å². The standard InChI is InChI=1S/C12H14BrN5/c1-6-9-8(5-14-10(6)13)15-12(3,4)11-17-16-7(2)18(9)11/h5,15H,1-4H3. The van der Waals surface area contributed by atoms with Gasteiger partial charge in [0, 0.05) is 5.56 Å². The molecule has 6 heteroatoms. The summed E-state index contributed by atoms with van der Waals surface area (Å²) in [7, 11) is 0. The Hall–Kier alpha value is -1.43. The van der Waals surface area contributed by atoms with E-state index >= 15 is 0 Å². The maximum Gasteiger partial charge on any atom is 0.162 e. The summed E-state index contributed by atoms with van der Waals surface area (Å²) in [5.74, 6) is 1.82. The third-order valence-corrected chi connectivity index (χ3v) is 4.08. The molecule has 0 radical (unpaired) electrons. The Morgan fingerprint density at radius 3 is 2.72 bits per heavy atom. The van der Waals surface area contributed by atoms with Gasteiger partial charge < -0.3 is 5.32 Å². The molecule has 1 N–H and O–H groups in total. The first kappa shape index (κ1) is 11.6. The second-order valence-electron chi connectivity index (χ2n) is 5.09. The highest BCUT2D eigenvalue weighted by molar-refractivity contribution is 9.10. The van der Waals surface area contributed by atoms with E-state index in [2.05, 4.69) is 54.8 Å². The molecule has 18 heavy (non-hydrogen) atoms. The van der Waals surface area contributed by atoms with Crippen LogP contribution in [0.2, 0.25) is 0 Å². The highest BCUT2D eigenvalue weighted by atomic mass is 79.9. The molecule has 0 aromatic carbocycles. The van der Waals surface area contributed by atoms with Crippen molar-refractivity contribution in [1.82, 2.24) is 19.7 Å². The second kappa shape index (κ2) is 3.54. The minimum atomic E-state index is -0.254. The summed E-state index contributed by atoms with van der Waals surface area (Å²) in [6, 6.07) is 0. The zero-order chi connectivity index (χ0) is 13.1. The van der Waals surface area contributed by atoms with Gasteiger partial charge in [-0.1, -0.05) is 0 Å². The molecule has 0 bridgehead atoms. The SMILES string of the molecule is Cc1c(Br)ncc2c1-n1c(C)nnc1C(C)(C)N2. The molecule has 0 unspecified atom stereocenters. The van der Waals surface area contributed by atoms with Crippen molar-refractivity contribution in [2.75, 3.05) is 5.32 Å². The molecular weight excluding hydrogens is 294 g/mol. The van der Waals surface area contributed by atoms with Gasteiger partial charge in [0.2, 0.25) is 0 Å². The van der Waals surface area contributed by atoms with Gasteiger partial charge in [-0.2, -0.15) is 0 Å². The molecule has 3 heterocycles. The predicted octanol–water partition coefficient (Wildman–Crippen LogP) is 2.70. The van der Waals surface area contributed by atoms with E-state index in [0.29, 0.717) is 0 Å². The van der Waals surface area contributed by atoms with Gasteiger partial charge in [0.05, 0.1) is 23.1 Å². The fourth-order valence-corrected chi connectivity index (χ4v) is 2.68. The molecule has 2 aromatic rings. The molecule has 0 aliphatic carbocycles. The van der Waals surface area contributed by atoms with Crippen molar-refractivity contribution >= 4 is 21.6 Å². The van der Waals surface area contributed by atoms with E-state index in [1.165, 1.54) is 0 Å². The number of rotatable bonds is 0. The zero-order valence-electron chi connectivity index (χ0n) is 10.7. The molecule has 0 amide bonds. The number of pyridine rings is 1. The molecule has 1 aliphatic rings. The molecule has 0 spiro atoms. The van der Waals surface area contributed by atoms with E-state index in [4.69, 9.17) is 0 Å². The van der Waals surface area contributed by atoms with E-state index in [-0.39, 0.29) is 5.54 Å². The van der Waals surface area contributed by atoms with Gasteiger partial charge in [-0.25, -0.2) is 4.98 Å². The minimum absolute atomic E-state index is 0.254. The Morgan fingerprint density at radius 2 is 2.00 bits per heavy atom. The molecule has 2 aromatic heterocycles. The van der Waals surface area contributed by atoms with Crippen LogP contribution in [0.1, 0.15) is 31.1 Å². The van der Waals surface area contributed by atoms with E-state index in [9.17, 15) is 0 Å². The molecule has 0 fully saturated rings. The number of nitrogens with one attached hydrogen (secondary N) is 1. The first-order valence-electron chi connectivity index (χ1n) is 5.78. The van der Waals surface area contributed by atoms with Crippen molar-refractivity contribution < 1.29 is 0 Å². The van der Waals surface area contributed by atoms with Crippen molar-refractivity contribution in [2.45, 2.75) is 33.2 Å². The summed E-state index contributed by atoms with van der Waals surface area (Å²) >= 11 is 3.47. The highest BCUT2D eigenvalue weighted by Gasteiger charge is 2.35. The number of hydrogen-bond donors (Lipinski definition) is 1. The van der Waals surface area contributed by atoms with Crippen LogP contribution in [0.15, 0.2) is 10.8 Å². The Kier molecular flexibility index (Phi) is 2.29. The topological polar surface area (TPSA) is 55.6 Å². The summed E-state index contributed by atoms with van der Waals surface area (Å²) < 4.78 is 2.95. The normalized spacial score (nSPS) is 15.8. The fraction of sp³-hybridized carbons (Fsp3) is 0.417. The first-order valence-corrected chi connectivity index (χ1v) is 6.57. The highest BCUT2D eigenvalue weighted by Crippen LogP contribution is 2.39. The van der Waals surface area contributed by atoms with Crippen LogP contribution in [-0.2, 0) is 5.54 Å². The first-order chi connectivity index (χ1) is 8.42. The number of aromatic nitrogens is 4.